The quantitative estimate of drug-likeness (QED) is 0.557. The van der Waals surface area contributed by atoms with Gasteiger partial charge in [-0.05, 0) is 24.4 Å². The summed E-state index contributed by atoms with van der Waals surface area (Å²) in [7, 11) is 0. The maximum atomic E-state index is 5.78. The van der Waals surface area contributed by atoms with Crippen LogP contribution in [-0.4, -0.2) is 20.2 Å². The number of anilines is 1. The van der Waals surface area contributed by atoms with Gasteiger partial charge in [0.25, 0.3) is 0 Å². The van der Waals surface area contributed by atoms with E-state index in [1.165, 1.54) is 0 Å². The van der Waals surface area contributed by atoms with E-state index in [9.17, 15) is 0 Å². The van der Waals surface area contributed by atoms with Gasteiger partial charge < -0.3 is 15.1 Å². The minimum absolute atomic E-state index is 0.338. The van der Waals surface area contributed by atoms with Crippen LogP contribution in [0.25, 0.3) is 22.5 Å². The molecule has 0 unspecified atom stereocenters. The van der Waals surface area contributed by atoms with E-state index in [-0.39, 0.29) is 0 Å². The van der Waals surface area contributed by atoms with Gasteiger partial charge in [-0.15, -0.1) is 0 Å². The Labute approximate surface area is 94.5 Å². The predicted octanol–water partition coefficient (Wildman–Crippen LogP) is 1.86. The molecule has 3 heterocycles. The molecule has 0 spiro atoms. The molecule has 0 atom stereocenters. The topological polar surface area (TPSA) is 96.5 Å². The van der Waals surface area contributed by atoms with Crippen molar-refractivity contribution in [2.24, 2.45) is 0 Å². The number of rotatable bonds is 1. The van der Waals surface area contributed by atoms with Crippen LogP contribution in [0.2, 0.25) is 0 Å². The zero-order chi connectivity index (χ0) is 11.1. The number of hydrogen-bond acceptors (Lipinski definition) is 5. The molecule has 0 saturated carbocycles. The van der Waals surface area contributed by atoms with Gasteiger partial charge in [0.2, 0.25) is 0 Å². The number of fused-ring (bicyclic) bond motifs is 1. The van der Waals surface area contributed by atoms with Gasteiger partial charge in [0.15, 0.2) is 16.2 Å². The van der Waals surface area contributed by atoms with Crippen molar-refractivity contribution in [3.05, 3.63) is 23.2 Å². The lowest BCUT2D eigenvalue weighted by atomic mass is 10.2. The highest BCUT2D eigenvalue weighted by atomic mass is 32.1. The van der Waals surface area contributed by atoms with Crippen molar-refractivity contribution in [1.29, 1.82) is 0 Å². The smallest absolute Gasteiger partial charge is 0.199 e. The minimum Gasteiger partial charge on any atom is -0.463 e. The number of nitrogens with one attached hydrogen (secondary N) is 2. The van der Waals surface area contributed by atoms with Crippen molar-refractivity contribution in [2.75, 3.05) is 5.73 Å². The molecule has 0 aliphatic carbocycles. The van der Waals surface area contributed by atoms with Gasteiger partial charge in [0, 0.05) is 0 Å². The van der Waals surface area contributed by atoms with Crippen molar-refractivity contribution in [3.63, 3.8) is 0 Å². The largest absolute Gasteiger partial charge is 0.463 e. The van der Waals surface area contributed by atoms with E-state index >= 15 is 0 Å². The first kappa shape index (κ1) is 9.10. The molecule has 16 heavy (non-hydrogen) atoms. The van der Waals surface area contributed by atoms with Gasteiger partial charge in [-0.2, -0.15) is 5.10 Å². The van der Waals surface area contributed by atoms with Crippen LogP contribution >= 0.6 is 12.2 Å². The molecule has 7 heteroatoms. The summed E-state index contributed by atoms with van der Waals surface area (Å²) < 4.78 is 5.63. The van der Waals surface area contributed by atoms with Crippen molar-refractivity contribution in [1.82, 2.24) is 20.2 Å². The van der Waals surface area contributed by atoms with Gasteiger partial charge >= 0.3 is 0 Å². The third-order valence-corrected chi connectivity index (χ3v) is 2.42. The molecule has 0 fully saturated rings. The van der Waals surface area contributed by atoms with Crippen LogP contribution in [0.3, 0.4) is 0 Å². The maximum Gasteiger partial charge on any atom is 0.199 e. The average Bonchev–Trinajstić information content (AvgIpc) is 2.87. The van der Waals surface area contributed by atoms with Crippen LogP contribution in [0.1, 0.15) is 0 Å². The Hall–Kier alpha value is -2.15. The van der Waals surface area contributed by atoms with E-state index in [0.29, 0.717) is 33.1 Å². The molecule has 3 aromatic rings. The van der Waals surface area contributed by atoms with Gasteiger partial charge in [-0.1, -0.05) is 0 Å². The van der Waals surface area contributed by atoms with Crippen LogP contribution in [0, 0.1) is 4.77 Å². The Morgan fingerprint density at radius 2 is 2.31 bits per heavy atom. The summed E-state index contributed by atoms with van der Waals surface area (Å²) in [5.41, 5.74) is 6.95. The van der Waals surface area contributed by atoms with E-state index in [1.54, 1.807) is 18.4 Å². The fraction of sp³-hybridized carbons (Fsp3) is 0. The van der Waals surface area contributed by atoms with E-state index in [4.69, 9.17) is 22.4 Å². The third kappa shape index (κ3) is 1.22. The maximum absolute atomic E-state index is 5.78. The van der Waals surface area contributed by atoms with Crippen molar-refractivity contribution >= 4 is 29.1 Å². The van der Waals surface area contributed by atoms with Crippen LogP contribution < -0.4 is 5.73 Å². The van der Waals surface area contributed by atoms with E-state index in [0.717, 1.165) is 0 Å². The van der Waals surface area contributed by atoms with E-state index < -0.39 is 0 Å². The average molecular weight is 233 g/mol. The molecule has 0 aromatic carbocycles. The second-order valence-electron chi connectivity index (χ2n) is 3.23. The molecule has 0 aliphatic heterocycles. The monoisotopic (exact) mass is 233 g/mol. The number of nitrogen functional groups attached to an aromatic ring is 1. The normalized spacial score (nSPS) is 11.0. The summed E-state index contributed by atoms with van der Waals surface area (Å²) >= 11 is 5.01. The Kier molecular flexibility index (Phi) is 1.80. The molecular formula is C9H7N5OS. The molecule has 0 saturated heterocycles. The second kappa shape index (κ2) is 3.17. The first-order chi connectivity index (χ1) is 7.75. The number of nitrogens with zero attached hydrogens (tertiary/aromatic N) is 2. The second-order valence-corrected chi connectivity index (χ2v) is 3.62. The zero-order valence-electron chi connectivity index (χ0n) is 8.02. The summed E-state index contributed by atoms with van der Waals surface area (Å²) in [5.74, 6) is 1.04. The van der Waals surface area contributed by atoms with Crippen LogP contribution in [0.5, 0.6) is 0 Å². The Balaban J connectivity index is 2.47. The highest BCUT2D eigenvalue weighted by Crippen LogP contribution is 2.28. The SMILES string of the molecule is Nc1[nH]nc2[nH]c(=S)nc(-c3ccco3)c12. The fourth-order valence-electron chi connectivity index (χ4n) is 1.56. The first-order valence-electron chi connectivity index (χ1n) is 4.53. The van der Waals surface area contributed by atoms with Crippen LogP contribution in [0.15, 0.2) is 22.8 Å². The lowest BCUT2D eigenvalue weighted by Gasteiger charge is -1.98. The van der Waals surface area contributed by atoms with E-state index in [2.05, 4.69) is 20.2 Å². The Morgan fingerprint density at radius 1 is 1.44 bits per heavy atom. The summed E-state index contributed by atoms with van der Waals surface area (Å²) in [6.45, 7) is 0. The van der Waals surface area contributed by atoms with Crippen molar-refractivity contribution < 1.29 is 4.42 Å². The van der Waals surface area contributed by atoms with Gasteiger partial charge in [-0.25, -0.2) is 4.98 Å². The molecule has 0 bridgehead atoms. The fourth-order valence-corrected chi connectivity index (χ4v) is 1.75. The zero-order valence-corrected chi connectivity index (χ0v) is 8.84. The van der Waals surface area contributed by atoms with Gasteiger partial charge in [-0.3, -0.25) is 5.10 Å². The summed E-state index contributed by atoms with van der Waals surface area (Å²) in [6, 6.07) is 3.57. The molecule has 6 nitrogen and oxygen atoms in total. The molecular weight excluding hydrogens is 226 g/mol. The number of nitrogens with two attached hydrogens (primary N) is 1. The first-order valence-corrected chi connectivity index (χ1v) is 4.94. The summed E-state index contributed by atoms with van der Waals surface area (Å²) in [4.78, 5) is 7.05. The number of H-pyrrole nitrogens is 2. The van der Waals surface area contributed by atoms with Crippen LogP contribution in [-0.2, 0) is 0 Å². The Bertz CT molecular complexity index is 696. The molecule has 0 amide bonds. The number of aromatic amines is 2. The lowest BCUT2D eigenvalue weighted by Crippen LogP contribution is -1.91. The molecule has 0 aliphatic rings. The third-order valence-electron chi connectivity index (χ3n) is 2.22. The lowest BCUT2D eigenvalue weighted by molar-refractivity contribution is 0.580. The molecule has 0 radical (unpaired) electrons. The predicted molar refractivity (Wildman–Crippen MR) is 61.2 cm³/mol. The van der Waals surface area contributed by atoms with Gasteiger partial charge in [0.1, 0.15) is 11.5 Å². The van der Waals surface area contributed by atoms with Gasteiger partial charge in [0.05, 0.1) is 11.6 Å². The van der Waals surface area contributed by atoms with Crippen molar-refractivity contribution in [2.45, 2.75) is 0 Å². The highest BCUT2D eigenvalue weighted by Gasteiger charge is 2.13. The molecule has 4 N–H and O–H groups in total. The Morgan fingerprint density at radius 3 is 3.06 bits per heavy atom. The number of hydrogen-bond donors (Lipinski definition) is 3. The summed E-state index contributed by atoms with van der Waals surface area (Å²) in [5, 5.41) is 7.35. The van der Waals surface area contributed by atoms with E-state index in [1.807, 2.05) is 0 Å². The molecule has 3 rings (SSSR count). The van der Waals surface area contributed by atoms with Crippen LogP contribution in [0.4, 0.5) is 5.82 Å². The molecule has 3 aromatic heterocycles. The van der Waals surface area contributed by atoms with Crippen molar-refractivity contribution in [3.8, 4) is 11.5 Å². The number of furan rings is 1. The highest BCUT2D eigenvalue weighted by molar-refractivity contribution is 7.71. The summed E-state index contributed by atoms with van der Waals surface area (Å²) in [6.07, 6.45) is 1.57. The molecule has 80 valence electrons. The standard InChI is InChI=1S/C9H7N5OS/c10-7-5-6(4-2-1-3-15-4)11-9(16)12-8(5)14-13-7/h1-3H,(H4,10,11,12,13,14,16). The minimum atomic E-state index is 0.338. The number of aromatic nitrogens is 4.